The lowest BCUT2D eigenvalue weighted by molar-refractivity contribution is -0.117. The third kappa shape index (κ3) is 1.95. The van der Waals surface area contributed by atoms with Crippen LogP contribution in [-0.2, 0) is 4.79 Å². The molecule has 1 aliphatic carbocycles. The molecule has 1 amide bonds. The maximum Gasteiger partial charge on any atom is 0.348 e. The van der Waals surface area contributed by atoms with Gasteiger partial charge in [0.05, 0.1) is 5.69 Å². The van der Waals surface area contributed by atoms with Crippen LogP contribution in [0.15, 0.2) is 5.38 Å². The van der Waals surface area contributed by atoms with Crippen molar-refractivity contribution in [3.05, 3.63) is 15.8 Å². The van der Waals surface area contributed by atoms with Crippen LogP contribution < -0.4 is 5.32 Å². The summed E-state index contributed by atoms with van der Waals surface area (Å²) in [6.45, 7) is 3.82. The Bertz CT molecular complexity index is 452. The molecule has 0 bridgehead atoms. The molecular formula is C11H13NO3S. The van der Waals surface area contributed by atoms with Crippen molar-refractivity contribution >= 4 is 28.9 Å². The van der Waals surface area contributed by atoms with E-state index >= 15 is 0 Å². The second-order valence-corrected chi connectivity index (χ2v) is 5.12. The number of amides is 1. The summed E-state index contributed by atoms with van der Waals surface area (Å²) in [5, 5.41) is 13.4. The van der Waals surface area contributed by atoms with Gasteiger partial charge in [0.1, 0.15) is 4.88 Å². The van der Waals surface area contributed by atoms with Crippen molar-refractivity contribution in [2.24, 2.45) is 11.8 Å². The molecule has 0 radical (unpaired) electrons. The minimum Gasteiger partial charge on any atom is -0.477 e. The summed E-state index contributed by atoms with van der Waals surface area (Å²) in [4.78, 5) is 22.8. The highest BCUT2D eigenvalue weighted by Gasteiger charge is 2.39. The SMILES string of the molecule is Cc1csc(C(=O)O)c1NC(=O)C1CC1C. The molecule has 0 spiro atoms. The van der Waals surface area contributed by atoms with Crippen molar-refractivity contribution in [1.82, 2.24) is 0 Å². The lowest BCUT2D eigenvalue weighted by Gasteiger charge is -2.05. The molecule has 1 heterocycles. The number of aromatic carboxylic acids is 1. The molecular weight excluding hydrogens is 226 g/mol. The molecule has 1 aromatic rings. The van der Waals surface area contributed by atoms with E-state index in [4.69, 9.17) is 5.11 Å². The van der Waals surface area contributed by atoms with Crippen LogP contribution in [0.3, 0.4) is 0 Å². The lowest BCUT2D eigenvalue weighted by Crippen LogP contribution is -2.16. The van der Waals surface area contributed by atoms with Gasteiger partial charge < -0.3 is 10.4 Å². The fraction of sp³-hybridized carbons (Fsp3) is 0.455. The first kappa shape index (κ1) is 11.1. The fourth-order valence-corrected chi connectivity index (χ4v) is 2.50. The summed E-state index contributed by atoms with van der Waals surface area (Å²) in [6.07, 6.45) is 0.900. The maximum absolute atomic E-state index is 11.7. The van der Waals surface area contributed by atoms with E-state index in [2.05, 4.69) is 5.32 Å². The Morgan fingerprint density at radius 3 is 2.69 bits per heavy atom. The van der Waals surface area contributed by atoms with Gasteiger partial charge in [-0.3, -0.25) is 4.79 Å². The van der Waals surface area contributed by atoms with Gasteiger partial charge in [-0.15, -0.1) is 11.3 Å². The van der Waals surface area contributed by atoms with Crippen molar-refractivity contribution in [3.63, 3.8) is 0 Å². The second-order valence-electron chi connectivity index (χ2n) is 4.24. The molecule has 2 N–H and O–H groups in total. The smallest absolute Gasteiger partial charge is 0.348 e. The van der Waals surface area contributed by atoms with Gasteiger partial charge in [0.2, 0.25) is 5.91 Å². The zero-order chi connectivity index (χ0) is 11.9. The van der Waals surface area contributed by atoms with Crippen molar-refractivity contribution in [2.75, 3.05) is 5.32 Å². The van der Waals surface area contributed by atoms with Crippen LogP contribution in [0.5, 0.6) is 0 Å². The number of carboxylic acids is 1. The van der Waals surface area contributed by atoms with Crippen LogP contribution in [-0.4, -0.2) is 17.0 Å². The molecule has 1 saturated carbocycles. The van der Waals surface area contributed by atoms with Crippen molar-refractivity contribution in [1.29, 1.82) is 0 Å². The highest BCUT2D eigenvalue weighted by atomic mass is 32.1. The average Bonchev–Trinajstić information content (AvgIpc) is 2.82. The predicted octanol–water partition coefficient (Wildman–Crippen LogP) is 2.35. The summed E-state index contributed by atoms with van der Waals surface area (Å²) < 4.78 is 0. The quantitative estimate of drug-likeness (QED) is 0.850. The van der Waals surface area contributed by atoms with Gasteiger partial charge in [0.15, 0.2) is 0 Å². The molecule has 2 unspecified atom stereocenters. The first-order chi connectivity index (χ1) is 7.50. The van der Waals surface area contributed by atoms with Gasteiger partial charge >= 0.3 is 5.97 Å². The number of carbonyl (C=O) groups excluding carboxylic acids is 1. The van der Waals surface area contributed by atoms with Gasteiger partial charge in [0.25, 0.3) is 0 Å². The molecule has 2 rings (SSSR count). The van der Waals surface area contributed by atoms with E-state index in [1.54, 1.807) is 12.3 Å². The Kier molecular flexibility index (Phi) is 2.71. The monoisotopic (exact) mass is 239 g/mol. The molecule has 1 aromatic heterocycles. The van der Waals surface area contributed by atoms with E-state index in [1.807, 2.05) is 6.92 Å². The van der Waals surface area contributed by atoms with Crippen LogP contribution >= 0.6 is 11.3 Å². The molecule has 86 valence electrons. The number of hydrogen-bond acceptors (Lipinski definition) is 3. The molecule has 16 heavy (non-hydrogen) atoms. The second kappa shape index (κ2) is 3.90. The zero-order valence-corrected chi connectivity index (χ0v) is 9.93. The normalized spacial score (nSPS) is 22.9. The predicted molar refractivity (Wildman–Crippen MR) is 61.9 cm³/mol. The highest BCUT2D eigenvalue weighted by molar-refractivity contribution is 7.12. The van der Waals surface area contributed by atoms with Crippen LogP contribution in [0.4, 0.5) is 5.69 Å². The Hall–Kier alpha value is -1.36. The Morgan fingerprint density at radius 1 is 1.56 bits per heavy atom. The minimum atomic E-state index is -0.989. The van der Waals surface area contributed by atoms with Crippen LogP contribution in [0, 0.1) is 18.8 Å². The van der Waals surface area contributed by atoms with Crippen LogP contribution in [0.1, 0.15) is 28.6 Å². The number of rotatable bonds is 3. The summed E-state index contributed by atoms with van der Waals surface area (Å²) in [5.41, 5.74) is 1.27. The molecule has 5 heteroatoms. The maximum atomic E-state index is 11.7. The van der Waals surface area contributed by atoms with Crippen molar-refractivity contribution < 1.29 is 14.7 Å². The largest absolute Gasteiger partial charge is 0.477 e. The number of thiophene rings is 1. The van der Waals surface area contributed by atoms with Gasteiger partial charge in [-0.05, 0) is 30.2 Å². The van der Waals surface area contributed by atoms with E-state index in [9.17, 15) is 9.59 Å². The number of anilines is 1. The number of carboxylic acid groups (broad SMARTS) is 1. The summed E-state index contributed by atoms with van der Waals surface area (Å²) in [6, 6.07) is 0. The summed E-state index contributed by atoms with van der Waals surface area (Å²) >= 11 is 1.14. The van der Waals surface area contributed by atoms with Gasteiger partial charge in [-0.1, -0.05) is 6.92 Å². The molecule has 1 fully saturated rings. The van der Waals surface area contributed by atoms with Crippen molar-refractivity contribution in [3.8, 4) is 0 Å². The van der Waals surface area contributed by atoms with Crippen LogP contribution in [0.25, 0.3) is 0 Å². The number of carbonyl (C=O) groups is 2. The Morgan fingerprint density at radius 2 is 2.19 bits per heavy atom. The summed E-state index contributed by atoms with van der Waals surface area (Å²) in [7, 11) is 0. The van der Waals surface area contributed by atoms with E-state index < -0.39 is 5.97 Å². The molecule has 0 aliphatic heterocycles. The molecule has 0 aromatic carbocycles. The molecule has 4 nitrogen and oxygen atoms in total. The van der Waals surface area contributed by atoms with Crippen LogP contribution in [0.2, 0.25) is 0 Å². The first-order valence-electron chi connectivity index (χ1n) is 5.13. The third-order valence-electron chi connectivity index (χ3n) is 2.86. The van der Waals surface area contributed by atoms with Crippen molar-refractivity contribution in [2.45, 2.75) is 20.3 Å². The van der Waals surface area contributed by atoms with Gasteiger partial charge in [-0.25, -0.2) is 4.79 Å². The Labute approximate surface area is 97.3 Å². The average molecular weight is 239 g/mol. The number of nitrogens with one attached hydrogen (secondary N) is 1. The third-order valence-corrected chi connectivity index (χ3v) is 3.95. The lowest BCUT2D eigenvalue weighted by atomic mass is 10.2. The number of aryl methyl sites for hydroxylation is 1. The topological polar surface area (TPSA) is 66.4 Å². The van der Waals surface area contributed by atoms with E-state index in [-0.39, 0.29) is 16.7 Å². The standard InChI is InChI=1S/C11H13NO3S/c1-5-3-7(5)10(13)12-8-6(2)4-16-9(8)11(14)15/h4-5,7H,3H2,1-2H3,(H,12,13)(H,14,15). The number of hydrogen-bond donors (Lipinski definition) is 2. The minimum absolute atomic E-state index is 0.0564. The van der Waals surface area contributed by atoms with Gasteiger partial charge in [-0.2, -0.15) is 0 Å². The Balaban J connectivity index is 2.17. The fourth-order valence-electron chi connectivity index (χ4n) is 1.66. The molecule has 0 saturated heterocycles. The molecule has 1 aliphatic rings. The van der Waals surface area contributed by atoms with E-state index in [1.165, 1.54) is 0 Å². The van der Waals surface area contributed by atoms with E-state index in [0.717, 1.165) is 23.3 Å². The first-order valence-corrected chi connectivity index (χ1v) is 6.01. The summed E-state index contributed by atoms with van der Waals surface area (Å²) in [5.74, 6) is -0.568. The molecule has 2 atom stereocenters. The van der Waals surface area contributed by atoms with E-state index in [0.29, 0.717) is 11.6 Å². The highest BCUT2D eigenvalue weighted by Crippen LogP contribution is 2.39. The van der Waals surface area contributed by atoms with Gasteiger partial charge in [0, 0.05) is 5.92 Å². The zero-order valence-electron chi connectivity index (χ0n) is 9.11.